The maximum absolute atomic E-state index is 12.1. The van der Waals surface area contributed by atoms with Crippen molar-refractivity contribution in [3.63, 3.8) is 0 Å². The molecule has 0 bridgehead atoms. The summed E-state index contributed by atoms with van der Waals surface area (Å²) in [6, 6.07) is 3.78. The monoisotopic (exact) mass is 270 g/mol. The summed E-state index contributed by atoms with van der Waals surface area (Å²) in [5.41, 5.74) is 0. The van der Waals surface area contributed by atoms with E-state index >= 15 is 0 Å². The molecule has 1 saturated heterocycles. The Kier molecular flexibility index (Phi) is 4.20. The number of carbonyl (C=O) groups excluding carboxylic acids is 1. The van der Waals surface area contributed by atoms with Crippen molar-refractivity contribution in [2.24, 2.45) is 0 Å². The second kappa shape index (κ2) is 5.67. The molecule has 0 spiro atoms. The van der Waals surface area contributed by atoms with Crippen molar-refractivity contribution < 1.29 is 4.79 Å². The van der Waals surface area contributed by atoms with E-state index in [0.29, 0.717) is 11.6 Å². The molecule has 3 nitrogen and oxygen atoms in total. The number of piperazine rings is 1. The first-order valence-corrected chi connectivity index (χ1v) is 6.81. The zero-order valence-corrected chi connectivity index (χ0v) is 11.1. The fourth-order valence-corrected chi connectivity index (χ4v) is 2.77. The van der Waals surface area contributed by atoms with Crippen molar-refractivity contribution in [1.29, 1.82) is 0 Å². The highest BCUT2D eigenvalue weighted by Gasteiger charge is 2.22. The predicted molar refractivity (Wildman–Crippen MR) is 71.7 cm³/mol. The van der Waals surface area contributed by atoms with E-state index in [1.807, 2.05) is 22.4 Å². The van der Waals surface area contributed by atoms with Gasteiger partial charge in [0.15, 0.2) is 0 Å². The van der Waals surface area contributed by atoms with Gasteiger partial charge in [0.05, 0.1) is 4.88 Å². The fraction of sp³-hybridized carbons (Fsp3) is 0.417. The maximum atomic E-state index is 12.1. The van der Waals surface area contributed by atoms with Crippen molar-refractivity contribution in [2.45, 2.75) is 0 Å². The number of thiophene rings is 1. The van der Waals surface area contributed by atoms with Gasteiger partial charge >= 0.3 is 0 Å². The van der Waals surface area contributed by atoms with Crippen molar-refractivity contribution in [1.82, 2.24) is 9.80 Å². The number of nitrogens with zero attached hydrogens (tertiary/aromatic N) is 2. The molecule has 0 aliphatic carbocycles. The smallest absolute Gasteiger partial charge is 0.264 e. The van der Waals surface area contributed by atoms with Crippen LogP contribution in [0.15, 0.2) is 29.1 Å². The minimum Gasteiger partial charge on any atom is -0.335 e. The van der Waals surface area contributed by atoms with Crippen LogP contribution in [0.4, 0.5) is 0 Å². The Labute approximate surface area is 110 Å². The summed E-state index contributed by atoms with van der Waals surface area (Å²) in [5, 5.41) is 2.59. The molecule has 0 aromatic carbocycles. The Hall–Kier alpha value is -0.840. The van der Waals surface area contributed by atoms with Crippen molar-refractivity contribution >= 4 is 28.8 Å². The van der Waals surface area contributed by atoms with E-state index in [-0.39, 0.29) is 5.91 Å². The first kappa shape index (κ1) is 12.6. The van der Waals surface area contributed by atoms with E-state index in [1.54, 1.807) is 0 Å². The molecule has 1 aliphatic heterocycles. The van der Waals surface area contributed by atoms with Gasteiger partial charge in [0.25, 0.3) is 5.91 Å². The lowest BCUT2D eigenvalue weighted by Gasteiger charge is -2.34. The molecule has 1 aliphatic rings. The van der Waals surface area contributed by atoms with Crippen molar-refractivity contribution in [3.05, 3.63) is 34.0 Å². The zero-order valence-electron chi connectivity index (χ0n) is 9.56. The number of halogens is 1. The van der Waals surface area contributed by atoms with Gasteiger partial charge in [-0.2, -0.15) is 0 Å². The van der Waals surface area contributed by atoms with Crippen LogP contribution in [0.3, 0.4) is 0 Å². The molecule has 92 valence electrons. The molecular formula is C12H15ClN2OS. The number of hydrogen-bond donors (Lipinski definition) is 0. The Morgan fingerprint density at radius 2 is 2.12 bits per heavy atom. The van der Waals surface area contributed by atoms with Crippen LogP contribution in [0, 0.1) is 0 Å². The minimum atomic E-state index is 0.143. The lowest BCUT2D eigenvalue weighted by molar-refractivity contribution is 0.0654. The number of hydrogen-bond acceptors (Lipinski definition) is 3. The van der Waals surface area contributed by atoms with Crippen LogP contribution in [0.25, 0.3) is 0 Å². The van der Waals surface area contributed by atoms with E-state index < -0.39 is 0 Å². The molecule has 1 fully saturated rings. The van der Waals surface area contributed by atoms with Gasteiger partial charge in [-0.05, 0) is 11.4 Å². The van der Waals surface area contributed by atoms with Gasteiger partial charge in [0, 0.05) is 37.8 Å². The molecule has 0 saturated carbocycles. The van der Waals surface area contributed by atoms with Crippen LogP contribution in [0.5, 0.6) is 0 Å². The van der Waals surface area contributed by atoms with Gasteiger partial charge in [-0.3, -0.25) is 9.69 Å². The average molecular weight is 271 g/mol. The van der Waals surface area contributed by atoms with Crippen LogP contribution in [0.1, 0.15) is 9.67 Å². The van der Waals surface area contributed by atoms with Crippen LogP contribution in [-0.4, -0.2) is 48.4 Å². The molecule has 0 radical (unpaired) electrons. The SMILES string of the molecule is C=C(Cl)CN1CCN(C(=O)c2cccs2)CC1. The van der Waals surface area contributed by atoms with Crippen molar-refractivity contribution in [3.8, 4) is 0 Å². The lowest BCUT2D eigenvalue weighted by atomic mass is 10.3. The van der Waals surface area contributed by atoms with Gasteiger partial charge in [-0.1, -0.05) is 24.2 Å². The van der Waals surface area contributed by atoms with Gasteiger partial charge in [-0.25, -0.2) is 0 Å². The van der Waals surface area contributed by atoms with Gasteiger partial charge in [-0.15, -0.1) is 11.3 Å². The second-order valence-corrected chi connectivity index (χ2v) is 5.55. The highest BCUT2D eigenvalue weighted by molar-refractivity contribution is 7.12. The maximum Gasteiger partial charge on any atom is 0.264 e. The van der Waals surface area contributed by atoms with E-state index in [2.05, 4.69) is 11.5 Å². The highest BCUT2D eigenvalue weighted by Crippen LogP contribution is 2.14. The minimum absolute atomic E-state index is 0.143. The van der Waals surface area contributed by atoms with E-state index in [1.165, 1.54) is 11.3 Å². The van der Waals surface area contributed by atoms with Gasteiger partial charge in [0.2, 0.25) is 0 Å². The fourth-order valence-electron chi connectivity index (χ4n) is 1.91. The van der Waals surface area contributed by atoms with Crippen molar-refractivity contribution in [2.75, 3.05) is 32.7 Å². The summed E-state index contributed by atoms with van der Waals surface area (Å²) in [7, 11) is 0. The summed E-state index contributed by atoms with van der Waals surface area (Å²) < 4.78 is 0. The van der Waals surface area contributed by atoms with Crippen LogP contribution in [0.2, 0.25) is 0 Å². The number of amides is 1. The van der Waals surface area contributed by atoms with Gasteiger partial charge in [0.1, 0.15) is 0 Å². The second-order valence-electron chi connectivity index (χ2n) is 4.06. The number of rotatable bonds is 3. The molecule has 17 heavy (non-hydrogen) atoms. The normalized spacial score (nSPS) is 17.1. The third-order valence-corrected chi connectivity index (χ3v) is 3.76. The molecule has 5 heteroatoms. The van der Waals surface area contributed by atoms with Crippen LogP contribution < -0.4 is 0 Å². The summed E-state index contributed by atoms with van der Waals surface area (Å²) in [4.78, 5) is 17.0. The first-order chi connectivity index (χ1) is 8.16. The Morgan fingerprint density at radius 3 is 2.65 bits per heavy atom. The van der Waals surface area contributed by atoms with E-state index in [9.17, 15) is 4.79 Å². The molecule has 0 unspecified atom stereocenters. The lowest BCUT2D eigenvalue weighted by Crippen LogP contribution is -2.48. The largest absolute Gasteiger partial charge is 0.335 e. The van der Waals surface area contributed by atoms with Gasteiger partial charge < -0.3 is 4.90 Å². The van der Waals surface area contributed by atoms with Crippen LogP contribution >= 0.6 is 22.9 Å². The summed E-state index contributed by atoms with van der Waals surface area (Å²) in [6.45, 7) is 7.66. The average Bonchev–Trinajstić information content (AvgIpc) is 2.82. The molecule has 2 rings (SSSR count). The predicted octanol–water partition coefficient (Wildman–Crippen LogP) is 2.26. The molecule has 1 amide bonds. The Bertz CT molecular complexity index is 397. The molecule has 1 aromatic heterocycles. The summed E-state index contributed by atoms with van der Waals surface area (Å²) in [6.07, 6.45) is 0. The topological polar surface area (TPSA) is 23.6 Å². The van der Waals surface area contributed by atoms with Crippen LogP contribution in [-0.2, 0) is 0 Å². The molecule has 1 aromatic rings. The highest BCUT2D eigenvalue weighted by atomic mass is 35.5. The van der Waals surface area contributed by atoms with E-state index in [4.69, 9.17) is 11.6 Å². The molecule has 0 atom stereocenters. The first-order valence-electron chi connectivity index (χ1n) is 5.55. The standard InChI is InChI=1S/C12H15ClN2OS/c1-10(13)9-14-4-6-15(7-5-14)12(16)11-3-2-8-17-11/h2-3,8H,1,4-7,9H2. The Morgan fingerprint density at radius 1 is 1.41 bits per heavy atom. The quantitative estimate of drug-likeness (QED) is 0.841. The summed E-state index contributed by atoms with van der Waals surface area (Å²) in [5.74, 6) is 0.143. The van der Waals surface area contributed by atoms with E-state index in [0.717, 1.165) is 31.1 Å². The zero-order chi connectivity index (χ0) is 12.3. The Balaban J connectivity index is 1.87. The number of carbonyl (C=O) groups is 1. The third-order valence-electron chi connectivity index (χ3n) is 2.79. The summed E-state index contributed by atoms with van der Waals surface area (Å²) >= 11 is 7.27. The molecule has 2 heterocycles. The molecular weight excluding hydrogens is 256 g/mol. The molecule has 0 N–H and O–H groups in total. The third kappa shape index (κ3) is 3.31.